The molecule has 0 bridgehead atoms. The first-order chi connectivity index (χ1) is 6.91. The van der Waals surface area contributed by atoms with Crippen LogP contribution in [0, 0.1) is 0 Å². The summed E-state index contributed by atoms with van der Waals surface area (Å²) in [5.41, 5.74) is -1.10. The summed E-state index contributed by atoms with van der Waals surface area (Å²) >= 11 is 0. The van der Waals surface area contributed by atoms with Crippen molar-refractivity contribution >= 4 is 17.9 Å². The number of carboxylic acids is 3. The predicted molar refractivity (Wildman–Crippen MR) is 47.3 cm³/mol. The Morgan fingerprint density at radius 1 is 0.688 bits per heavy atom. The van der Waals surface area contributed by atoms with E-state index in [0.717, 1.165) is 18.2 Å². The van der Waals surface area contributed by atoms with Gasteiger partial charge in [0.05, 0.1) is 16.7 Å². The maximum absolute atomic E-state index is 10.6. The number of hydrogen-bond acceptors (Lipinski definition) is 3. The van der Waals surface area contributed by atoms with Crippen LogP contribution in [0.15, 0.2) is 18.2 Å². The van der Waals surface area contributed by atoms with Crippen molar-refractivity contribution < 1.29 is 46.8 Å². The fourth-order valence-electron chi connectivity index (χ4n) is 0.998. The van der Waals surface area contributed by atoms with Crippen molar-refractivity contribution in [2.24, 2.45) is 0 Å². The molecule has 1 rings (SSSR count). The minimum Gasteiger partial charge on any atom is -0.478 e. The summed E-state index contributed by atoms with van der Waals surface area (Å²) < 4.78 is 0. The zero-order valence-corrected chi connectivity index (χ0v) is 8.76. The van der Waals surface area contributed by atoms with Gasteiger partial charge in [0.15, 0.2) is 0 Å². The molecule has 0 spiro atoms. The molecule has 0 unspecified atom stereocenters. The second-order valence-corrected chi connectivity index (χ2v) is 2.71. The number of rotatable bonds is 3. The second kappa shape index (κ2) is 5.29. The molecule has 0 aliphatic rings. The average Bonchev–Trinajstić information content (AvgIpc) is 2.16. The van der Waals surface area contributed by atoms with Gasteiger partial charge in [-0.15, -0.1) is 0 Å². The van der Waals surface area contributed by atoms with Gasteiger partial charge in [-0.3, -0.25) is 0 Å². The SMILES string of the molecule is O=C(O)c1cc(C(=O)O)cc(C(=O)O)c1.[Fe]. The van der Waals surface area contributed by atoms with Crippen molar-refractivity contribution in [1.29, 1.82) is 0 Å². The summed E-state index contributed by atoms with van der Waals surface area (Å²) in [6.07, 6.45) is 0. The maximum Gasteiger partial charge on any atom is 0.335 e. The zero-order valence-electron chi connectivity index (χ0n) is 7.65. The number of carbonyl (C=O) groups is 3. The molecule has 0 aliphatic carbocycles. The molecule has 0 atom stereocenters. The van der Waals surface area contributed by atoms with Crippen LogP contribution in [0.25, 0.3) is 0 Å². The van der Waals surface area contributed by atoms with Gasteiger partial charge >= 0.3 is 17.9 Å². The van der Waals surface area contributed by atoms with Gasteiger partial charge in [-0.1, -0.05) is 0 Å². The third-order valence-corrected chi connectivity index (χ3v) is 1.67. The van der Waals surface area contributed by atoms with Crippen molar-refractivity contribution in [3.8, 4) is 0 Å². The maximum atomic E-state index is 10.6. The Bertz CT molecular complexity index is 374. The van der Waals surface area contributed by atoms with Crippen molar-refractivity contribution in [2.45, 2.75) is 0 Å². The largest absolute Gasteiger partial charge is 0.478 e. The Labute approximate surface area is 100.0 Å². The summed E-state index contributed by atoms with van der Waals surface area (Å²) in [6, 6.07) is 2.70. The average molecular weight is 266 g/mol. The molecule has 0 aliphatic heterocycles. The first kappa shape index (κ1) is 14.1. The van der Waals surface area contributed by atoms with Crippen molar-refractivity contribution in [1.82, 2.24) is 0 Å². The van der Waals surface area contributed by atoms with E-state index < -0.39 is 17.9 Å². The monoisotopic (exact) mass is 266 g/mol. The van der Waals surface area contributed by atoms with Gasteiger partial charge in [-0.25, -0.2) is 14.4 Å². The normalized spacial score (nSPS) is 9.00. The summed E-state index contributed by atoms with van der Waals surface area (Å²) in [5, 5.41) is 25.8. The fourth-order valence-corrected chi connectivity index (χ4v) is 0.998. The van der Waals surface area contributed by atoms with Crippen LogP contribution < -0.4 is 0 Å². The van der Waals surface area contributed by atoms with Crippen LogP contribution in [-0.4, -0.2) is 33.2 Å². The van der Waals surface area contributed by atoms with E-state index in [-0.39, 0.29) is 33.8 Å². The molecule has 3 N–H and O–H groups in total. The summed E-state index contributed by atoms with van der Waals surface area (Å²) in [5.74, 6) is -4.12. The molecule has 0 heterocycles. The van der Waals surface area contributed by atoms with E-state index in [4.69, 9.17) is 15.3 Å². The van der Waals surface area contributed by atoms with Crippen LogP contribution in [0.5, 0.6) is 0 Å². The first-order valence-corrected chi connectivity index (χ1v) is 3.77. The molecule has 1 aromatic carbocycles. The summed E-state index contributed by atoms with van der Waals surface area (Å²) in [4.78, 5) is 31.7. The minimum absolute atomic E-state index is 0. The van der Waals surface area contributed by atoms with Crippen molar-refractivity contribution in [3.05, 3.63) is 34.9 Å². The summed E-state index contributed by atoms with van der Waals surface area (Å²) in [6.45, 7) is 0. The van der Waals surface area contributed by atoms with E-state index >= 15 is 0 Å². The van der Waals surface area contributed by atoms with E-state index in [1.807, 2.05) is 0 Å². The quantitative estimate of drug-likeness (QED) is 0.697. The smallest absolute Gasteiger partial charge is 0.335 e. The predicted octanol–water partition coefficient (Wildman–Crippen LogP) is 0.779. The molecule has 0 saturated heterocycles. The Morgan fingerprint density at radius 2 is 0.875 bits per heavy atom. The molecule has 16 heavy (non-hydrogen) atoms. The van der Waals surface area contributed by atoms with Gasteiger partial charge in [0, 0.05) is 17.1 Å². The van der Waals surface area contributed by atoms with Crippen LogP contribution in [0.4, 0.5) is 0 Å². The van der Waals surface area contributed by atoms with E-state index in [9.17, 15) is 14.4 Å². The molecule has 1 aromatic rings. The zero-order chi connectivity index (χ0) is 11.6. The molecular weight excluding hydrogens is 260 g/mol. The van der Waals surface area contributed by atoms with E-state index in [2.05, 4.69) is 0 Å². The number of aromatic carboxylic acids is 3. The van der Waals surface area contributed by atoms with Gasteiger partial charge in [0.2, 0.25) is 0 Å². The molecule has 0 radical (unpaired) electrons. The molecule has 0 fully saturated rings. The molecule has 6 nitrogen and oxygen atoms in total. The topological polar surface area (TPSA) is 112 Å². The first-order valence-electron chi connectivity index (χ1n) is 3.77. The molecular formula is C9H6FeO6. The van der Waals surface area contributed by atoms with Gasteiger partial charge in [0.25, 0.3) is 0 Å². The Balaban J connectivity index is 0.00000225. The van der Waals surface area contributed by atoms with Gasteiger partial charge in [-0.05, 0) is 18.2 Å². The van der Waals surface area contributed by atoms with Gasteiger partial charge < -0.3 is 15.3 Å². The van der Waals surface area contributed by atoms with Crippen molar-refractivity contribution in [3.63, 3.8) is 0 Å². The van der Waals surface area contributed by atoms with E-state index in [1.165, 1.54) is 0 Å². The molecule has 0 amide bonds. The van der Waals surface area contributed by atoms with Gasteiger partial charge in [0.1, 0.15) is 0 Å². The molecule has 0 aromatic heterocycles. The van der Waals surface area contributed by atoms with Gasteiger partial charge in [-0.2, -0.15) is 0 Å². The van der Waals surface area contributed by atoms with Crippen LogP contribution >= 0.6 is 0 Å². The van der Waals surface area contributed by atoms with Crippen LogP contribution in [-0.2, 0) is 17.1 Å². The molecule has 86 valence electrons. The van der Waals surface area contributed by atoms with Crippen LogP contribution in [0.3, 0.4) is 0 Å². The number of carboxylic acid groups (broad SMARTS) is 3. The molecule has 0 saturated carbocycles. The number of benzene rings is 1. The Hall–Kier alpha value is -1.85. The minimum atomic E-state index is -1.37. The number of hydrogen-bond donors (Lipinski definition) is 3. The summed E-state index contributed by atoms with van der Waals surface area (Å²) in [7, 11) is 0. The van der Waals surface area contributed by atoms with E-state index in [1.54, 1.807) is 0 Å². The third-order valence-electron chi connectivity index (χ3n) is 1.67. The Morgan fingerprint density at radius 3 is 1.00 bits per heavy atom. The molecule has 7 heteroatoms. The standard InChI is InChI=1S/C9H6O6.Fe/c10-7(11)4-1-5(8(12)13)3-6(2-4)9(14)15;/h1-3H,(H,10,11)(H,12,13)(H,14,15);. The fraction of sp³-hybridized carbons (Fsp3) is 0. The third kappa shape index (κ3) is 3.08. The Kier molecular flexibility index (Phi) is 4.68. The van der Waals surface area contributed by atoms with Crippen LogP contribution in [0.2, 0.25) is 0 Å². The van der Waals surface area contributed by atoms with E-state index in [0.29, 0.717) is 0 Å². The van der Waals surface area contributed by atoms with Crippen LogP contribution in [0.1, 0.15) is 31.1 Å². The van der Waals surface area contributed by atoms with Crippen molar-refractivity contribution in [2.75, 3.05) is 0 Å². The second-order valence-electron chi connectivity index (χ2n) is 2.71.